The van der Waals surface area contributed by atoms with Gasteiger partial charge in [0.05, 0.1) is 6.42 Å². The summed E-state index contributed by atoms with van der Waals surface area (Å²) in [5.41, 5.74) is 2.85. The summed E-state index contributed by atoms with van der Waals surface area (Å²) in [6.07, 6.45) is 0.269. The number of thioether (sulfide) groups is 1. The van der Waals surface area contributed by atoms with Crippen molar-refractivity contribution >= 4 is 35.0 Å². The molecular formula is C21H18ClNOS. The van der Waals surface area contributed by atoms with E-state index in [-0.39, 0.29) is 12.3 Å². The molecule has 0 atom stereocenters. The summed E-state index contributed by atoms with van der Waals surface area (Å²) in [7, 11) is 0. The maximum atomic E-state index is 12.2. The standard InChI is InChI=1S/C21H18ClNOS/c22-20-9-5-4-6-17(20)14-21(24)23-18-12-10-16(11-13-18)15-25-19-7-2-1-3-8-19/h1-13H,14-15H2,(H,23,24). The quantitative estimate of drug-likeness (QED) is 0.556. The first-order chi connectivity index (χ1) is 12.2. The molecule has 25 heavy (non-hydrogen) atoms. The van der Waals surface area contributed by atoms with Crippen molar-refractivity contribution in [3.8, 4) is 0 Å². The van der Waals surface area contributed by atoms with Crippen LogP contribution < -0.4 is 5.32 Å². The Morgan fingerprint density at radius 3 is 2.28 bits per heavy atom. The number of anilines is 1. The van der Waals surface area contributed by atoms with E-state index in [0.717, 1.165) is 17.0 Å². The molecule has 0 spiro atoms. The highest BCUT2D eigenvalue weighted by Crippen LogP contribution is 2.23. The van der Waals surface area contributed by atoms with Crippen LogP contribution in [-0.2, 0) is 17.0 Å². The number of hydrogen-bond acceptors (Lipinski definition) is 2. The van der Waals surface area contributed by atoms with Crippen LogP contribution in [0.5, 0.6) is 0 Å². The number of carbonyl (C=O) groups excluding carboxylic acids is 1. The van der Waals surface area contributed by atoms with Crippen LogP contribution in [0.2, 0.25) is 5.02 Å². The normalized spacial score (nSPS) is 10.4. The second-order valence-electron chi connectivity index (χ2n) is 5.62. The minimum atomic E-state index is -0.0699. The zero-order valence-corrected chi connectivity index (χ0v) is 15.2. The van der Waals surface area contributed by atoms with Crippen molar-refractivity contribution in [2.24, 2.45) is 0 Å². The van der Waals surface area contributed by atoms with E-state index in [9.17, 15) is 4.79 Å². The second kappa shape index (κ2) is 8.75. The van der Waals surface area contributed by atoms with Crippen LogP contribution in [0.25, 0.3) is 0 Å². The van der Waals surface area contributed by atoms with Gasteiger partial charge in [0.25, 0.3) is 0 Å². The highest BCUT2D eigenvalue weighted by atomic mass is 35.5. The first-order valence-corrected chi connectivity index (χ1v) is 9.37. The fraction of sp³-hybridized carbons (Fsp3) is 0.0952. The Labute approximate surface area is 157 Å². The van der Waals surface area contributed by atoms with Crippen LogP contribution in [0.3, 0.4) is 0 Å². The average Bonchev–Trinajstić information content (AvgIpc) is 2.64. The number of nitrogens with one attached hydrogen (secondary N) is 1. The van der Waals surface area contributed by atoms with E-state index in [1.807, 2.05) is 60.7 Å². The monoisotopic (exact) mass is 367 g/mol. The lowest BCUT2D eigenvalue weighted by molar-refractivity contribution is -0.115. The first kappa shape index (κ1) is 17.6. The third kappa shape index (κ3) is 5.38. The molecule has 0 unspecified atom stereocenters. The Kier molecular flexibility index (Phi) is 6.15. The largest absolute Gasteiger partial charge is 0.326 e. The van der Waals surface area contributed by atoms with Gasteiger partial charge in [-0.1, -0.05) is 60.1 Å². The van der Waals surface area contributed by atoms with Gasteiger partial charge in [-0.2, -0.15) is 0 Å². The Balaban J connectivity index is 1.53. The van der Waals surface area contributed by atoms with Gasteiger partial charge in [0, 0.05) is 21.4 Å². The minimum Gasteiger partial charge on any atom is -0.326 e. The van der Waals surface area contributed by atoms with Crippen molar-refractivity contribution in [2.45, 2.75) is 17.1 Å². The van der Waals surface area contributed by atoms with Gasteiger partial charge < -0.3 is 5.32 Å². The van der Waals surface area contributed by atoms with E-state index in [1.54, 1.807) is 17.8 Å². The van der Waals surface area contributed by atoms with Crippen molar-refractivity contribution < 1.29 is 4.79 Å². The van der Waals surface area contributed by atoms with Gasteiger partial charge in [0.2, 0.25) is 5.91 Å². The molecule has 0 aromatic heterocycles. The van der Waals surface area contributed by atoms with E-state index >= 15 is 0 Å². The molecule has 1 amide bonds. The number of amides is 1. The molecule has 0 heterocycles. The topological polar surface area (TPSA) is 29.1 Å². The zero-order valence-electron chi connectivity index (χ0n) is 13.6. The third-order valence-electron chi connectivity index (χ3n) is 3.70. The fourth-order valence-corrected chi connectivity index (χ4v) is 3.47. The summed E-state index contributed by atoms with van der Waals surface area (Å²) >= 11 is 7.89. The number of carbonyl (C=O) groups is 1. The highest BCUT2D eigenvalue weighted by Gasteiger charge is 2.07. The first-order valence-electron chi connectivity index (χ1n) is 8.01. The second-order valence-corrected chi connectivity index (χ2v) is 7.07. The number of benzene rings is 3. The van der Waals surface area contributed by atoms with Crippen LogP contribution in [0.15, 0.2) is 83.8 Å². The molecule has 0 bridgehead atoms. The van der Waals surface area contributed by atoms with Crippen LogP contribution >= 0.6 is 23.4 Å². The predicted octanol–water partition coefficient (Wildman–Crippen LogP) is 5.81. The van der Waals surface area contributed by atoms with E-state index in [2.05, 4.69) is 17.4 Å². The average molecular weight is 368 g/mol. The van der Waals surface area contributed by atoms with Gasteiger partial charge >= 0.3 is 0 Å². The van der Waals surface area contributed by atoms with Gasteiger partial charge in [0.15, 0.2) is 0 Å². The lowest BCUT2D eigenvalue weighted by Crippen LogP contribution is -2.14. The maximum Gasteiger partial charge on any atom is 0.228 e. The van der Waals surface area contributed by atoms with Crippen molar-refractivity contribution in [3.05, 3.63) is 95.0 Å². The number of hydrogen-bond donors (Lipinski definition) is 1. The molecule has 1 N–H and O–H groups in total. The molecule has 3 aromatic carbocycles. The lowest BCUT2D eigenvalue weighted by Gasteiger charge is -2.08. The Hall–Kier alpha value is -2.23. The smallest absolute Gasteiger partial charge is 0.228 e. The molecule has 0 radical (unpaired) electrons. The van der Waals surface area contributed by atoms with Gasteiger partial charge in [-0.15, -0.1) is 11.8 Å². The Bertz CT molecular complexity index is 834. The molecular weight excluding hydrogens is 350 g/mol. The molecule has 0 aliphatic carbocycles. The maximum absolute atomic E-state index is 12.2. The SMILES string of the molecule is O=C(Cc1ccccc1Cl)Nc1ccc(CSc2ccccc2)cc1. The van der Waals surface area contributed by atoms with Gasteiger partial charge in [-0.05, 0) is 41.5 Å². The van der Waals surface area contributed by atoms with Gasteiger partial charge in [-0.3, -0.25) is 4.79 Å². The van der Waals surface area contributed by atoms with E-state index in [1.165, 1.54) is 10.5 Å². The summed E-state index contributed by atoms with van der Waals surface area (Å²) < 4.78 is 0. The van der Waals surface area contributed by atoms with E-state index < -0.39 is 0 Å². The summed E-state index contributed by atoms with van der Waals surface area (Å²) in [6.45, 7) is 0. The minimum absolute atomic E-state index is 0.0699. The van der Waals surface area contributed by atoms with Crippen molar-refractivity contribution in [3.63, 3.8) is 0 Å². The summed E-state index contributed by atoms with van der Waals surface area (Å²) in [5, 5.41) is 3.53. The van der Waals surface area contributed by atoms with Crippen molar-refractivity contribution in [1.82, 2.24) is 0 Å². The van der Waals surface area contributed by atoms with Crippen LogP contribution in [0.1, 0.15) is 11.1 Å². The number of rotatable bonds is 6. The lowest BCUT2D eigenvalue weighted by atomic mass is 10.1. The van der Waals surface area contributed by atoms with Crippen molar-refractivity contribution in [1.29, 1.82) is 0 Å². The Morgan fingerprint density at radius 1 is 0.880 bits per heavy atom. The molecule has 126 valence electrons. The van der Waals surface area contributed by atoms with Crippen LogP contribution in [-0.4, -0.2) is 5.91 Å². The van der Waals surface area contributed by atoms with E-state index in [0.29, 0.717) is 5.02 Å². The Morgan fingerprint density at radius 2 is 1.56 bits per heavy atom. The summed E-state index contributed by atoms with van der Waals surface area (Å²) in [6, 6.07) is 25.7. The molecule has 4 heteroatoms. The molecule has 0 aliphatic rings. The summed E-state index contributed by atoms with van der Waals surface area (Å²) in [4.78, 5) is 13.4. The van der Waals surface area contributed by atoms with Gasteiger partial charge in [-0.25, -0.2) is 0 Å². The molecule has 2 nitrogen and oxygen atoms in total. The molecule has 0 saturated carbocycles. The highest BCUT2D eigenvalue weighted by molar-refractivity contribution is 7.98. The van der Waals surface area contributed by atoms with Crippen molar-refractivity contribution in [2.75, 3.05) is 5.32 Å². The molecule has 3 aromatic rings. The molecule has 3 rings (SSSR count). The summed E-state index contributed by atoms with van der Waals surface area (Å²) in [5.74, 6) is 0.831. The van der Waals surface area contributed by atoms with Crippen LogP contribution in [0.4, 0.5) is 5.69 Å². The predicted molar refractivity (Wildman–Crippen MR) is 106 cm³/mol. The molecule has 0 aliphatic heterocycles. The molecule has 0 fully saturated rings. The fourth-order valence-electron chi connectivity index (χ4n) is 2.39. The number of halogens is 1. The zero-order chi connectivity index (χ0) is 17.5. The van der Waals surface area contributed by atoms with Gasteiger partial charge in [0.1, 0.15) is 0 Å². The molecule has 0 saturated heterocycles. The third-order valence-corrected chi connectivity index (χ3v) is 5.15. The van der Waals surface area contributed by atoms with E-state index in [4.69, 9.17) is 11.6 Å². The van der Waals surface area contributed by atoms with Crippen LogP contribution in [0, 0.1) is 0 Å².